The van der Waals surface area contributed by atoms with Crippen LogP contribution in [0.25, 0.3) is 0 Å². The van der Waals surface area contributed by atoms with Crippen LogP contribution in [0.3, 0.4) is 0 Å². The van der Waals surface area contributed by atoms with Gasteiger partial charge in [0.1, 0.15) is 11.6 Å². The van der Waals surface area contributed by atoms with Gasteiger partial charge in [-0.2, -0.15) is 0 Å². The van der Waals surface area contributed by atoms with Gasteiger partial charge in [0, 0.05) is 0 Å². The predicted molar refractivity (Wildman–Crippen MR) is 83.3 cm³/mol. The first-order valence-electron chi connectivity index (χ1n) is 7.65. The average Bonchev–Trinajstić information content (AvgIpc) is 2.33. The van der Waals surface area contributed by atoms with Crippen molar-refractivity contribution in [2.24, 2.45) is 0 Å². The summed E-state index contributed by atoms with van der Waals surface area (Å²) in [6, 6.07) is -1.05. The number of carbonyl (C=O) groups excluding carboxylic acids is 1. The van der Waals surface area contributed by atoms with Crippen molar-refractivity contribution in [1.82, 2.24) is 5.32 Å². The lowest BCUT2D eigenvalue weighted by atomic mass is 10.1. The summed E-state index contributed by atoms with van der Waals surface area (Å²) in [5, 5.41) is 11.4. The number of hydrogen-bond acceptors (Lipinski definition) is 3. The fraction of sp³-hybridized carbons (Fsp3) is 0.750. The van der Waals surface area contributed by atoms with Crippen LogP contribution in [-0.4, -0.2) is 28.8 Å². The topological polar surface area (TPSA) is 75.6 Å². The number of ether oxygens (including phenoxy) is 1. The number of amides is 1. The van der Waals surface area contributed by atoms with E-state index in [-0.39, 0.29) is 0 Å². The minimum atomic E-state index is -1.09. The van der Waals surface area contributed by atoms with Crippen LogP contribution >= 0.6 is 0 Å². The second kappa shape index (κ2) is 10.2. The highest BCUT2D eigenvalue weighted by Gasteiger charge is 2.21. The van der Waals surface area contributed by atoms with Crippen LogP contribution in [0.4, 0.5) is 4.79 Å². The number of hydrogen-bond donors (Lipinski definition) is 2. The smallest absolute Gasteiger partial charge is 0.408 e. The molecule has 0 saturated heterocycles. The molecule has 0 aromatic rings. The second-order valence-electron chi connectivity index (χ2n) is 6.09. The van der Waals surface area contributed by atoms with Gasteiger partial charge in [0.15, 0.2) is 0 Å². The lowest BCUT2D eigenvalue weighted by Crippen LogP contribution is -2.42. The summed E-state index contributed by atoms with van der Waals surface area (Å²) in [7, 11) is 0. The monoisotopic (exact) mass is 299 g/mol. The lowest BCUT2D eigenvalue weighted by molar-refractivity contribution is -0.138. The number of allylic oxidation sites excluding steroid dienone is 1. The minimum Gasteiger partial charge on any atom is -0.479 e. The Labute approximate surface area is 127 Å². The van der Waals surface area contributed by atoms with E-state index in [2.05, 4.69) is 12.2 Å². The second-order valence-corrected chi connectivity index (χ2v) is 6.09. The van der Waals surface area contributed by atoms with Gasteiger partial charge >= 0.3 is 12.1 Å². The third kappa shape index (κ3) is 12.0. The first-order chi connectivity index (χ1) is 9.76. The molecule has 0 unspecified atom stereocenters. The predicted octanol–water partition coefficient (Wildman–Crippen LogP) is 3.88. The zero-order valence-corrected chi connectivity index (χ0v) is 13.6. The van der Waals surface area contributed by atoms with Crippen molar-refractivity contribution in [2.75, 3.05) is 0 Å². The Morgan fingerprint density at radius 2 is 1.81 bits per heavy atom. The van der Waals surface area contributed by atoms with Crippen molar-refractivity contribution < 1.29 is 19.4 Å². The summed E-state index contributed by atoms with van der Waals surface area (Å²) in [5.74, 6) is -1.09. The molecule has 0 aliphatic rings. The van der Waals surface area contributed by atoms with Crippen LogP contribution in [0.5, 0.6) is 0 Å². The number of nitrogens with one attached hydrogen (secondary N) is 1. The van der Waals surface area contributed by atoms with E-state index in [1.54, 1.807) is 20.8 Å². The molecule has 0 aliphatic heterocycles. The van der Waals surface area contributed by atoms with Gasteiger partial charge in [-0.3, -0.25) is 0 Å². The molecule has 0 aromatic heterocycles. The number of carboxylic acid groups (broad SMARTS) is 1. The van der Waals surface area contributed by atoms with Crippen molar-refractivity contribution in [1.29, 1.82) is 0 Å². The molecule has 0 rings (SSSR count). The molecular weight excluding hydrogens is 270 g/mol. The van der Waals surface area contributed by atoms with Gasteiger partial charge in [-0.15, -0.1) is 0 Å². The van der Waals surface area contributed by atoms with Gasteiger partial charge < -0.3 is 15.2 Å². The highest BCUT2D eigenvalue weighted by atomic mass is 16.6. The van der Waals surface area contributed by atoms with Gasteiger partial charge in [0.25, 0.3) is 0 Å². The molecule has 0 aromatic carbocycles. The Morgan fingerprint density at radius 3 is 2.33 bits per heavy atom. The fourth-order valence-corrected chi connectivity index (χ4v) is 1.72. The van der Waals surface area contributed by atoms with E-state index in [1.807, 2.05) is 6.08 Å². The van der Waals surface area contributed by atoms with Gasteiger partial charge in [-0.25, -0.2) is 9.59 Å². The Kier molecular flexibility index (Phi) is 9.50. The summed E-state index contributed by atoms with van der Waals surface area (Å²) in [6.45, 7) is 7.36. The van der Waals surface area contributed by atoms with E-state index in [9.17, 15) is 9.59 Å². The number of unbranched alkanes of at least 4 members (excludes halogenated alkanes) is 5. The Bertz CT molecular complexity index is 345. The van der Waals surface area contributed by atoms with Crippen molar-refractivity contribution in [3.8, 4) is 0 Å². The molecule has 122 valence electrons. The SMILES string of the molecule is CCCCCCC/C=C\[C@H](NC(=O)OC(C)(C)C)C(=O)O. The summed E-state index contributed by atoms with van der Waals surface area (Å²) >= 11 is 0. The maximum atomic E-state index is 11.6. The zero-order valence-electron chi connectivity index (χ0n) is 13.6. The van der Waals surface area contributed by atoms with E-state index in [0.29, 0.717) is 0 Å². The average molecular weight is 299 g/mol. The molecule has 0 fully saturated rings. The maximum absolute atomic E-state index is 11.6. The molecule has 1 amide bonds. The van der Waals surface area contributed by atoms with Crippen molar-refractivity contribution in [2.45, 2.75) is 77.9 Å². The molecule has 0 radical (unpaired) electrons. The highest BCUT2D eigenvalue weighted by molar-refractivity contribution is 5.81. The zero-order chi connectivity index (χ0) is 16.3. The molecule has 0 heterocycles. The van der Waals surface area contributed by atoms with Crippen molar-refractivity contribution in [3.63, 3.8) is 0 Å². The molecule has 0 saturated carbocycles. The van der Waals surface area contributed by atoms with E-state index >= 15 is 0 Å². The van der Waals surface area contributed by atoms with Crippen LogP contribution in [-0.2, 0) is 9.53 Å². The van der Waals surface area contributed by atoms with Crippen LogP contribution < -0.4 is 5.32 Å². The molecule has 5 heteroatoms. The molecule has 0 spiro atoms. The number of aliphatic carboxylic acids is 1. The van der Waals surface area contributed by atoms with Crippen molar-refractivity contribution >= 4 is 12.1 Å². The van der Waals surface area contributed by atoms with E-state index < -0.39 is 23.7 Å². The third-order valence-corrected chi connectivity index (χ3v) is 2.74. The molecule has 2 N–H and O–H groups in total. The quantitative estimate of drug-likeness (QED) is 0.500. The molecule has 0 aliphatic carbocycles. The van der Waals surface area contributed by atoms with Gasteiger partial charge in [-0.1, -0.05) is 44.8 Å². The number of rotatable bonds is 9. The normalized spacial score (nSPS) is 13.1. The van der Waals surface area contributed by atoms with Crippen LogP contribution in [0.2, 0.25) is 0 Å². The fourth-order valence-electron chi connectivity index (χ4n) is 1.72. The molecule has 21 heavy (non-hydrogen) atoms. The minimum absolute atomic E-state index is 0.643. The molecular formula is C16H29NO4. The lowest BCUT2D eigenvalue weighted by Gasteiger charge is -2.21. The number of alkyl carbamates (subject to hydrolysis) is 1. The van der Waals surface area contributed by atoms with Gasteiger partial charge in [0.2, 0.25) is 0 Å². The summed E-state index contributed by atoms with van der Waals surface area (Å²) < 4.78 is 5.04. The summed E-state index contributed by atoms with van der Waals surface area (Å²) in [6.07, 6.45) is 9.26. The summed E-state index contributed by atoms with van der Waals surface area (Å²) in [5.41, 5.74) is -0.643. The van der Waals surface area contributed by atoms with E-state index in [1.165, 1.54) is 25.3 Å². The Hall–Kier alpha value is -1.52. The highest BCUT2D eigenvalue weighted by Crippen LogP contribution is 2.08. The first kappa shape index (κ1) is 19.5. The molecule has 5 nitrogen and oxygen atoms in total. The Morgan fingerprint density at radius 1 is 1.19 bits per heavy atom. The first-order valence-corrected chi connectivity index (χ1v) is 7.65. The molecule has 0 bridgehead atoms. The van der Waals surface area contributed by atoms with Gasteiger partial charge in [-0.05, 0) is 33.6 Å². The number of carbonyl (C=O) groups is 2. The van der Waals surface area contributed by atoms with Gasteiger partial charge in [0.05, 0.1) is 0 Å². The summed E-state index contributed by atoms with van der Waals surface area (Å²) in [4.78, 5) is 22.6. The van der Waals surface area contributed by atoms with Crippen LogP contribution in [0, 0.1) is 0 Å². The number of carboxylic acids is 1. The largest absolute Gasteiger partial charge is 0.479 e. The maximum Gasteiger partial charge on any atom is 0.408 e. The molecule has 1 atom stereocenters. The van der Waals surface area contributed by atoms with Crippen LogP contribution in [0.15, 0.2) is 12.2 Å². The van der Waals surface area contributed by atoms with E-state index in [4.69, 9.17) is 9.84 Å². The standard InChI is InChI=1S/C16H29NO4/c1-5-6-7-8-9-10-11-12-13(14(18)19)17-15(20)21-16(2,3)4/h11-13H,5-10H2,1-4H3,(H,17,20)(H,18,19)/b12-11-/t13-/m0/s1. The Balaban J connectivity index is 4.13. The van der Waals surface area contributed by atoms with Crippen molar-refractivity contribution in [3.05, 3.63) is 12.2 Å². The van der Waals surface area contributed by atoms with E-state index in [0.717, 1.165) is 19.3 Å². The third-order valence-electron chi connectivity index (χ3n) is 2.74. The van der Waals surface area contributed by atoms with Crippen LogP contribution in [0.1, 0.15) is 66.2 Å².